The molecule has 100 valence electrons. The normalized spacial score (nSPS) is 26.7. The molecule has 1 saturated carbocycles. The molecule has 1 N–H and O–H groups in total. The van der Waals surface area contributed by atoms with E-state index in [4.69, 9.17) is 0 Å². The van der Waals surface area contributed by atoms with Crippen molar-refractivity contribution in [3.63, 3.8) is 0 Å². The predicted octanol–water partition coefficient (Wildman–Crippen LogP) is 1.51. The summed E-state index contributed by atoms with van der Waals surface area (Å²) >= 11 is 0. The fourth-order valence-electron chi connectivity index (χ4n) is 3.13. The van der Waals surface area contributed by atoms with Gasteiger partial charge in [-0.15, -0.1) is 0 Å². The molecule has 0 aromatic carbocycles. The van der Waals surface area contributed by atoms with Crippen molar-refractivity contribution in [3.8, 4) is 0 Å². The third-order valence-corrected chi connectivity index (χ3v) is 3.78. The Balaban J connectivity index is 2.68. The Morgan fingerprint density at radius 1 is 1.41 bits per heavy atom. The van der Waals surface area contributed by atoms with Gasteiger partial charge < -0.3 is 10.0 Å². The third-order valence-electron chi connectivity index (χ3n) is 3.78. The Kier molecular flexibility index (Phi) is 5.40. The lowest BCUT2D eigenvalue weighted by atomic mass is 10.0. The Labute approximate surface area is 105 Å². The number of carboxylic acids is 1. The van der Waals surface area contributed by atoms with Crippen LogP contribution in [0, 0.1) is 5.92 Å². The Hall–Kier alpha value is -0.610. The SMILES string of the molecule is CCN(C(C)CN(C)C)C1CCCC1C(=O)O. The summed E-state index contributed by atoms with van der Waals surface area (Å²) in [4.78, 5) is 15.8. The molecule has 17 heavy (non-hydrogen) atoms. The summed E-state index contributed by atoms with van der Waals surface area (Å²) in [5, 5.41) is 9.25. The largest absolute Gasteiger partial charge is 0.481 e. The lowest BCUT2D eigenvalue weighted by Crippen LogP contribution is -2.48. The molecule has 1 rings (SSSR count). The number of likely N-dealkylation sites (N-methyl/N-ethyl adjacent to an activating group) is 2. The summed E-state index contributed by atoms with van der Waals surface area (Å²) in [5.41, 5.74) is 0. The summed E-state index contributed by atoms with van der Waals surface area (Å²) in [7, 11) is 4.13. The molecule has 1 aliphatic carbocycles. The first-order valence-corrected chi connectivity index (χ1v) is 6.60. The van der Waals surface area contributed by atoms with Gasteiger partial charge in [0.2, 0.25) is 0 Å². The molecule has 0 aromatic rings. The van der Waals surface area contributed by atoms with E-state index in [0.29, 0.717) is 6.04 Å². The van der Waals surface area contributed by atoms with Crippen LogP contribution in [-0.2, 0) is 4.79 Å². The number of hydrogen-bond donors (Lipinski definition) is 1. The monoisotopic (exact) mass is 242 g/mol. The van der Waals surface area contributed by atoms with Gasteiger partial charge in [-0.25, -0.2) is 0 Å². The molecule has 0 bridgehead atoms. The number of aliphatic carboxylic acids is 1. The molecule has 0 radical (unpaired) electrons. The molecule has 3 unspecified atom stereocenters. The first-order valence-electron chi connectivity index (χ1n) is 6.60. The molecule has 0 amide bonds. The van der Waals surface area contributed by atoms with Crippen molar-refractivity contribution in [2.75, 3.05) is 27.2 Å². The molecule has 4 nitrogen and oxygen atoms in total. The highest BCUT2D eigenvalue weighted by molar-refractivity contribution is 5.71. The molecule has 1 fully saturated rings. The lowest BCUT2D eigenvalue weighted by molar-refractivity contribution is -0.143. The van der Waals surface area contributed by atoms with Crippen molar-refractivity contribution in [2.24, 2.45) is 5.92 Å². The minimum Gasteiger partial charge on any atom is -0.481 e. The van der Waals surface area contributed by atoms with Crippen molar-refractivity contribution < 1.29 is 9.90 Å². The highest BCUT2D eigenvalue weighted by Crippen LogP contribution is 2.31. The van der Waals surface area contributed by atoms with Gasteiger partial charge in [0.05, 0.1) is 5.92 Å². The zero-order valence-electron chi connectivity index (χ0n) is 11.5. The fraction of sp³-hybridized carbons (Fsp3) is 0.923. The first kappa shape index (κ1) is 14.5. The zero-order valence-corrected chi connectivity index (χ0v) is 11.5. The minimum atomic E-state index is -0.622. The van der Waals surface area contributed by atoms with Crippen LogP contribution in [0.4, 0.5) is 0 Å². The van der Waals surface area contributed by atoms with Crippen molar-refractivity contribution in [2.45, 2.75) is 45.2 Å². The molecule has 4 heteroatoms. The Morgan fingerprint density at radius 2 is 2.06 bits per heavy atom. The van der Waals surface area contributed by atoms with E-state index in [1.54, 1.807) is 0 Å². The van der Waals surface area contributed by atoms with E-state index in [0.717, 1.165) is 32.4 Å². The summed E-state index contributed by atoms with van der Waals surface area (Å²) < 4.78 is 0. The van der Waals surface area contributed by atoms with Gasteiger partial charge in [-0.3, -0.25) is 9.69 Å². The van der Waals surface area contributed by atoms with Gasteiger partial charge in [-0.05, 0) is 40.4 Å². The van der Waals surface area contributed by atoms with E-state index in [1.165, 1.54) is 0 Å². The van der Waals surface area contributed by atoms with Gasteiger partial charge in [0.15, 0.2) is 0 Å². The maximum atomic E-state index is 11.2. The van der Waals surface area contributed by atoms with Gasteiger partial charge in [0.1, 0.15) is 0 Å². The van der Waals surface area contributed by atoms with Gasteiger partial charge in [0.25, 0.3) is 0 Å². The van der Waals surface area contributed by atoms with Gasteiger partial charge >= 0.3 is 5.97 Å². The second-order valence-corrected chi connectivity index (χ2v) is 5.38. The van der Waals surface area contributed by atoms with Crippen LogP contribution in [-0.4, -0.2) is 60.1 Å². The molecule has 3 atom stereocenters. The third kappa shape index (κ3) is 3.68. The molecular formula is C13H26N2O2. The summed E-state index contributed by atoms with van der Waals surface area (Å²) in [6, 6.07) is 0.646. The van der Waals surface area contributed by atoms with E-state index in [-0.39, 0.29) is 12.0 Å². The smallest absolute Gasteiger partial charge is 0.308 e. The standard InChI is InChI=1S/C13H26N2O2/c1-5-15(10(2)9-14(3)4)12-8-6-7-11(12)13(16)17/h10-12H,5-9H2,1-4H3,(H,16,17). The van der Waals surface area contributed by atoms with Gasteiger partial charge in [-0.1, -0.05) is 13.3 Å². The van der Waals surface area contributed by atoms with Crippen molar-refractivity contribution in [3.05, 3.63) is 0 Å². The van der Waals surface area contributed by atoms with Crippen LogP contribution < -0.4 is 0 Å². The molecule has 0 aliphatic heterocycles. The highest BCUT2D eigenvalue weighted by Gasteiger charge is 2.37. The Morgan fingerprint density at radius 3 is 2.53 bits per heavy atom. The van der Waals surface area contributed by atoms with Crippen LogP contribution in [0.15, 0.2) is 0 Å². The Bertz CT molecular complexity index is 256. The fourth-order valence-corrected chi connectivity index (χ4v) is 3.13. The quantitative estimate of drug-likeness (QED) is 0.767. The number of rotatable bonds is 6. The van der Waals surface area contributed by atoms with Crippen LogP contribution >= 0.6 is 0 Å². The number of hydrogen-bond acceptors (Lipinski definition) is 3. The predicted molar refractivity (Wildman–Crippen MR) is 69.2 cm³/mol. The average molecular weight is 242 g/mol. The second kappa shape index (κ2) is 6.36. The van der Waals surface area contributed by atoms with Gasteiger partial charge in [0, 0.05) is 18.6 Å². The van der Waals surface area contributed by atoms with Crippen molar-refractivity contribution in [1.82, 2.24) is 9.80 Å². The van der Waals surface area contributed by atoms with Gasteiger partial charge in [-0.2, -0.15) is 0 Å². The lowest BCUT2D eigenvalue weighted by Gasteiger charge is -2.36. The van der Waals surface area contributed by atoms with E-state index >= 15 is 0 Å². The van der Waals surface area contributed by atoms with E-state index in [2.05, 4.69) is 37.7 Å². The number of carboxylic acid groups (broad SMARTS) is 1. The minimum absolute atomic E-state index is 0.167. The number of nitrogens with zero attached hydrogens (tertiary/aromatic N) is 2. The molecule has 0 heterocycles. The summed E-state index contributed by atoms with van der Waals surface area (Å²) in [5.74, 6) is -0.789. The number of carbonyl (C=O) groups is 1. The van der Waals surface area contributed by atoms with E-state index < -0.39 is 5.97 Å². The highest BCUT2D eigenvalue weighted by atomic mass is 16.4. The molecular weight excluding hydrogens is 216 g/mol. The van der Waals surface area contributed by atoms with Crippen molar-refractivity contribution in [1.29, 1.82) is 0 Å². The maximum absolute atomic E-state index is 11.2. The van der Waals surface area contributed by atoms with Crippen LogP contribution in [0.5, 0.6) is 0 Å². The van der Waals surface area contributed by atoms with E-state index in [9.17, 15) is 9.90 Å². The molecule has 0 saturated heterocycles. The molecule has 0 aromatic heterocycles. The average Bonchev–Trinajstić information content (AvgIpc) is 2.66. The van der Waals surface area contributed by atoms with Crippen molar-refractivity contribution >= 4 is 5.97 Å². The first-order chi connectivity index (χ1) is 7.97. The summed E-state index contributed by atoms with van der Waals surface area (Å²) in [6.45, 7) is 6.24. The maximum Gasteiger partial charge on any atom is 0.308 e. The van der Waals surface area contributed by atoms with Crippen LogP contribution in [0.1, 0.15) is 33.1 Å². The summed E-state index contributed by atoms with van der Waals surface area (Å²) in [6.07, 6.45) is 2.92. The van der Waals surface area contributed by atoms with E-state index in [1.807, 2.05) is 0 Å². The van der Waals surface area contributed by atoms with Crippen LogP contribution in [0.2, 0.25) is 0 Å². The topological polar surface area (TPSA) is 43.8 Å². The zero-order chi connectivity index (χ0) is 13.0. The van der Waals surface area contributed by atoms with Crippen LogP contribution in [0.3, 0.4) is 0 Å². The van der Waals surface area contributed by atoms with Crippen LogP contribution in [0.25, 0.3) is 0 Å². The second-order valence-electron chi connectivity index (χ2n) is 5.38. The molecule has 1 aliphatic rings. The molecule has 0 spiro atoms.